The number of ether oxygens (including phenoxy) is 2. The van der Waals surface area contributed by atoms with E-state index in [1.807, 2.05) is 13.8 Å². The van der Waals surface area contributed by atoms with Gasteiger partial charge in [0.2, 0.25) is 0 Å². The molecule has 0 unspecified atom stereocenters. The average molecular weight is 520 g/mol. The lowest BCUT2D eigenvalue weighted by Gasteiger charge is -2.17. The van der Waals surface area contributed by atoms with Crippen molar-refractivity contribution in [3.05, 3.63) is 56.7 Å². The van der Waals surface area contributed by atoms with Crippen molar-refractivity contribution in [3.63, 3.8) is 0 Å². The summed E-state index contributed by atoms with van der Waals surface area (Å²) >= 11 is 2.11. The van der Waals surface area contributed by atoms with Crippen LogP contribution in [0.15, 0.2) is 41.5 Å². The molecule has 0 aliphatic rings. The van der Waals surface area contributed by atoms with Crippen molar-refractivity contribution in [2.45, 2.75) is 32.5 Å². The van der Waals surface area contributed by atoms with Crippen LogP contribution in [0.25, 0.3) is 0 Å². The van der Waals surface area contributed by atoms with Crippen LogP contribution in [0.4, 0.5) is 13.2 Å². The number of amides is 1. The van der Waals surface area contributed by atoms with Crippen LogP contribution in [0, 0.1) is 3.57 Å². The third-order valence-corrected chi connectivity index (χ3v) is 4.78. The van der Waals surface area contributed by atoms with Gasteiger partial charge in [0.15, 0.2) is 11.5 Å². The number of carbonyl (C=O) groups is 1. The van der Waals surface area contributed by atoms with Gasteiger partial charge in [-0.3, -0.25) is 4.79 Å². The summed E-state index contributed by atoms with van der Waals surface area (Å²) in [6, 6.07) is 7.62. The van der Waals surface area contributed by atoms with Crippen LogP contribution in [-0.2, 0) is 6.18 Å². The minimum atomic E-state index is -4.52. The lowest BCUT2D eigenvalue weighted by Crippen LogP contribution is -2.18. The smallest absolute Gasteiger partial charge is 0.416 e. The number of halogens is 4. The maximum atomic E-state index is 12.8. The molecule has 0 spiro atoms. The maximum Gasteiger partial charge on any atom is 0.416 e. The molecule has 1 amide bonds. The van der Waals surface area contributed by atoms with Gasteiger partial charge in [0.1, 0.15) is 0 Å². The van der Waals surface area contributed by atoms with Crippen molar-refractivity contribution in [2.24, 2.45) is 5.10 Å². The summed E-state index contributed by atoms with van der Waals surface area (Å²) < 4.78 is 50.3. The fourth-order valence-corrected chi connectivity index (χ4v) is 3.03. The zero-order chi connectivity index (χ0) is 21.6. The molecule has 5 nitrogen and oxygen atoms in total. The second-order valence-electron chi connectivity index (χ2n) is 6.15. The third-order valence-electron chi connectivity index (χ3n) is 3.98. The zero-order valence-corrected chi connectivity index (χ0v) is 18.2. The maximum absolute atomic E-state index is 12.8. The van der Waals surface area contributed by atoms with Crippen molar-refractivity contribution in [2.75, 3.05) is 7.11 Å². The summed E-state index contributed by atoms with van der Waals surface area (Å²) in [5.41, 5.74) is 1.82. The van der Waals surface area contributed by atoms with E-state index in [1.165, 1.54) is 25.5 Å². The molecule has 9 heteroatoms. The topological polar surface area (TPSA) is 59.9 Å². The molecular weight excluding hydrogens is 500 g/mol. The van der Waals surface area contributed by atoms with Crippen molar-refractivity contribution in [1.29, 1.82) is 0 Å². The largest absolute Gasteiger partial charge is 0.493 e. The fraction of sp³-hybridized carbons (Fsp3) is 0.300. The van der Waals surface area contributed by atoms with Gasteiger partial charge < -0.3 is 9.47 Å². The molecule has 0 aliphatic heterocycles. The fourth-order valence-electron chi connectivity index (χ4n) is 2.28. The molecule has 0 bridgehead atoms. The van der Waals surface area contributed by atoms with Crippen LogP contribution in [0.2, 0.25) is 0 Å². The Bertz CT molecular complexity index is 901. The van der Waals surface area contributed by atoms with Gasteiger partial charge in [-0.05, 0) is 71.8 Å². The van der Waals surface area contributed by atoms with Crippen molar-refractivity contribution in [3.8, 4) is 11.5 Å². The van der Waals surface area contributed by atoms with E-state index < -0.39 is 17.6 Å². The molecule has 0 heterocycles. The highest BCUT2D eigenvalue weighted by molar-refractivity contribution is 14.1. The van der Waals surface area contributed by atoms with Crippen LogP contribution in [0.3, 0.4) is 0 Å². The number of hydrogen-bond acceptors (Lipinski definition) is 4. The zero-order valence-electron chi connectivity index (χ0n) is 16.0. The van der Waals surface area contributed by atoms with Gasteiger partial charge in [0, 0.05) is 5.56 Å². The number of rotatable bonds is 7. The molecule has 0 aromatic heterocycles. The van der Waals surface area contributed by atoms with Crippen LogP contribution < -0.4 is 14.9 Å². The number of methoxy groups -OCH3 is 1. The Morgan fingerprint density at radius 2 is 2.03 bits per heavy atom. The Labute approximate surface area is 180 Å². The molecule has 0 saturated heterocycles. The van der Waals surface area contributed by atoms with Crippen LogP contribution in [-0.4, -0.2) is 25.3 Å². The Balaban J connectivity index is 2.14. The minimum absolute atomic E-state index is 0.0173. The first-order chi connectivity index (χ1) is 13.7. The Morgan fingerprint density at radius 3 is 2.66 bits per heavy atom. The molecule has 0 radical (unpaired) electrons. The lowest BCUT2D eigenvalue weighted by atomic mass is 10.1. The summed E-state index contributed by atoms with van der Waals surface area (Å²) in [7, 11) is 1.52. The van der Waals surface area contributed by atoms with Gasteiger partial charge in [0.05, 0.1) is 28.6 Å². The number of nitrogens with zero attached hydrogens (tertiary/aromatic N) is 1. The molecule has 2 rings (SSSR count). The second-order valence-corrected chi connectivity index (χ2v) is 7.31. The number of nitrogens with one attached hydrogen (secondary N) is 1. The molecule has 1 N–H and O–H groups in total. The summed E-state index contributed by atoms with van der Waals surface area (Å²) in [4.78, 5) is 12.1. The summed E-state index contributed by atoms with van der Waals surface area (Å²) in [6.07, 6.45) is -2.29. The van der Waals surface area contributed by atoms with Gasteiger partial charge in [-0.2, -0.15) is 18.3 Å². The van der Waals surface area contributed by atoms with Gasteiger partial charge in [-0.15, -0.1) is 0 Å². The van der Waals surface area contributed by atoms with Crippen molar-refractivity contribution < 1.29 is 27.4 Å². The first kappa shape index (κ1) is 23.0. The Hall–Kier alpha value is -2.30. The Kier molecular flexibility index (Phi) is 7.88. The van der Waals surface area contributed by atoms with Gasteiger partial charge in [-0.1, -0.05) is 13.0 Å². The number of alkyl halides is 3. The molecule has 2 aromatic rings. The SMILES string of the molecule is CC[C@@H](C)Oc1c(I)cc(/C=N\NC(=O)c2cccc(C(F)(F)F)c2)cc1OC. The van der Waals surface area contributed by atoms with E-state index in [-0.39, 0.29) is 11.7 Å². The lowest BCUT2D eigenvalue weighted by molar-refractivity contribution is -0.137. The normalized spacial score (nSPS) is 12.7. The minimum Gasteiger partial charge on any atom is -0.493 e. The number of carbonyl (C=O) groups excluding carboxylic acids is 1. The van der Waals surface area contributed by atoms with E-state index in [0.717, 1.165) is 22.1 Å². The molecule has 1 atom stereocenters. The number of benzene rings is 2. The van der Waals surface area contributed by atoms with Gasteiger partial charge >= 0.3 is 6.18 Å². The van der Waals surface area contributed by atoms with E-state index >= 15 is 0 Å². The third kappa shape index (κ3) is 6.34. The first-order valence-electron chi connectivity index (χ1n) is 8.70. The predicted molar refractivity (Wildman–Crippen MR) is 113 cm³/mol. The second kappa shape index (κ2) is 9.95. The van der Waals surface area contributed by atoms with Gasteiger partial charge in [0.25, 0.3) is 5.91 Å². The van der Waals surface area contributed by atoms with Crippen LogP contribution in [0.1, 0.15) is 41.8 Å². The number of hydrazone groups is 1. The van der Waals surface area contributed by atoms with Crippen molar-refractivity contribution >= 4 is 34.7 Å². The number of hydrogen-bond donors (Lipinski definition) is 1. The Morgan fingerprint density at radius 1 is 1.31 bits per heavy atom. The van der Waals surface area contributed by atoms with Crippen molar-refractivity contribution in [1.82, 2.24) is 5.43 Å². The monoisotopic (exact) mass is 520 g/mol. The molecule has 0 aliphatic carbocycles. The molecule has 0 saturated carbocycles. The van der Waals surface area contributed by atoms with E-state index in [9.17, 15) is 18.0 Å². The highest BCUT2D eigenvalue weighted by Gasteiger charge is 2.30. The van der Waals surface area contributed by atoms with E-state index in [1.54, 1.807) is 12.1 Å². The summed E-state index contributed by atoms with van der Waals surface area (Å²) in [5, 5.41) is 3.83. The van der Waals surface area contributed by atoms with E-state index in [2.05, 4.69) is 33.1 Å². The van der Waals surface area contributed by atoms with Gasteiger partial charge in [-0.25, -0.2) is 5.43 Å². The molecule has 0 fully saturated rings. The van der Waals surface area contributed by atoms with Crippen LogP contribution in [0.5, 0.6) is 11.5 Å². The average Bonchev–Trinajstić information content (AvgIpc) is 2.68. The first-order valence-corrected chi connectivity index (χ1v) is 9.78. The standard InChI is InChI=1S/C20H20F3IN2O3/c1-4-12(2)29-18-16(24)8-13(9-17(18)28-3)11-25-26-19(27)14-6-5-7-15(10-14)20(21,22)23/h5-12H,4H2,1-3H3,(H,26,27)/b25-11-/t12-/m1/s1. The van der Waals surface area contributed by atoms with E-state index in [0.29, 0.717) is 17.1 Å². The quantitative estimate of drug-likeness (QED) is 0.308. The van der Waals surface area contributed by atoms with Crippen LogP contribution >= 0.6 is 22.6 Å². The molecule has 29 heavy (non-hydrogen) atoms. The summed E-state index contributed by atoms with van der Waals surface area (Å²) in [6.45, 7) is 3.96. The summed E-state index contributed by atoms with van der Waals surface area (Å²) in [5.74, 6) is 0.390. The molecular formula is C20H20F3IN2O3. The highest BCUT2D eigenvalue weighted by atomic mass is 127. The molecule has 2 aromatic carbocycles. The predicted octanol–water partition coefficient (Wildman–Crippen LogP) is 5.26. The van der Waals surface area contributed by atoms with E-state index in [4.69, 9.17) is 9.47 Å². The molecule has 156 valence electrons. The highest BCUT2D eigenvalue weighted by Crippen LogP contribution is 2.34.